The summed E-state index contributed by atoms with van der Waals surface area (Å²) in [5.41, 5.74) is 0.976. The molecule has 0 saturated carbocycles. The number of halogens is 1. The summed E-state index contributed by atoms with van der Waals surface area (Å²) in [6.07, 6.45) is 1.20. The van der Waals surface area contributed by atoms with Gasteiger partial charge in [0.25, 0.3) is 0 Å². The number of aromatic nitrogens is 3. The van der Waals surface area contributed by atoms with Crippen molar-refractivity contribution in [1.82, 2.24) is 19.5 Å². The maximum absolute atomic E-state index is 13.5. The van der Waals surface area contributed by atoms with Crippen LogP contribution in [-0.2, 0) is 0 Å². The molecule has 1 saturated heterocycles. The Morgan fingerprint density at radius 2 is 1.85 bits per heavy atom. The van der Waals surface area contributed by atoms with Crippen LogP contribution >= 0.6 is 11.3 Å². The normalized spacial score (nSPS) is 22.8. The Bertz CT molecular complexity index is 910. The molecule has 1 N–H and O–H groups in total. The molecule has 1 aliphatic rings. The highest BCUT2D eigenvalue weighted by atomic mass is 32.1. The largest absolute Gasteiger partial charge is 0.492 e. The summed E-state index contributed by atoms with van der Waals surface area (Å²) >= 11 is 1.45. The van der Waals surface area contributed by atoms with Crippen LogP contribution in [0.1, 0.15) is 42.6 Å². The van der Waals surface area contributed by atoms with E-state index >= 15 is 0 Å². The first-order valence-electron chi connectivity index (χ1n) is 8.97. The quantitative estimate of drug-likeness (QED) is 0.753. The Kier molecular flexibility index (Phi) is 4.44. The van der Waals surface area contributed by atoms with Crippen molar-refractivity contribution < 1.29 is 9.50 Å². The summed E-state index contributed by atoms with van der Waals surface area (Å²) in [5.74, 6) is 1.67. The second kappa shape index (κ2) is 6.63. The van der Waals surface area contributed by atoms with Crippen molar-refractivity contribution in [3.05, 3.63) is 46.3 Å². The minimum atomic E-state index is -0.254. The zero-order chi connectivity index (χ0) is 18.4. The van der Waals surface area contributed by atoms with Crippen molar-refractivity contribution in [2.75, 3.05) is 13.1 Å². The molecular weight excluding hydrogens is 351 g/mol. The van der Waals surface area contributed by atoms with Gasteiger partial charge in [-0.1, -0.05) is 37.3 Å². The summed E-state index contributed by atoms with van der Waals surface area (Å²) in [4.78, 5) is 8.28. The van der Waals surface area contributed by atoms with Crippen molar-refractivity contribution in [1.29, 1.82) is 0 Å². The SMILES string of the molecule is Cc1nc2sc(C(c3ccc(F)cc3)N3CC(C)CC(C)C3)c(O)n2n1. The summed E-state index contributed by atoms with van der Waals surface area (Å²) in [6.45, 7) is 8.22. The number of likely N-dealkylation sites (tertiary alicyclic amines) is 1. The molecule has 138 valence electrons. The predicted octanol–water partition coefficient (Wildman–Crippen LogP) is 4.01. The van der Waals surface area contributed by atoms with E-state index in [2.05, 4.69) is 28.8 Å². The van der Waals surface area contributed by atoms with Crippen LogP contribution in [0.2, 0.25) is 0 Å². The van der Waals surface area contributed by atoms with Crippen LogP contribution in [0.25, 0.3) is 4.96 Å². The lowest BCUT2D eigenvalue weighted by molar-refractivity contribution is 0.112. The van der Waals surface area contributed by atoms with Crippen LogP contribution in [0.5, 0.6) is 5.88 Å². The molecule has 1 fully saturated rings. The van der Waals surface area contributed by atoms with E-state index in [0.29, 0.717) is 22.6 Å². The van der Waals surface area contributed by atoms with Gasteiger partial charge >= 0.3 is 0 Å². The van der Waals surface area contributed by atoms with Gasteiger partial charge in [0, 0.05) is 13.1 Å². The number of aromatic hydroxyl groups is 1. The Balaban J connectivity index is 1.82. The van der Waals surface area contributed by atoms with E-state index in [1.807, 2.05) is 19.1 Å². The molecule has 0 amide bonds. The van der Waals surface area contributed by atoms with Gasteiger partial charge in [0.1, 0.15) is 11.6 Å². The molecule has 26 heavy (non-hydrogen) atoms. The maximum atomic E-state index is 13.5. The predicted molar refractivity (Wildman–Crippen MR) is 100 cm³/mol. The number of piperidine rings is 1. The van der Waals surface area contributed by atoms with E-state index < -0.39 is 0 Å². The number of benzene rings is 1. The molecule has 0 bridgehead atoms. The molecule has 3 unspecified atom stereocenters. The number of hydrogen-bond donors (Lipinski definition) is 1. The lowest BCUT2D eigenvalue weighted by Crippen LogP contribution is -2.41. The van der Waals surface area contributed by atoms with Gasteiger partial charge < -0.3 is 5.11 Å². The van der Waals surface area contributed by atoms with Gasteiger partial charge in [-0.15, -0.1) is 5.10 Å². The molecule has 4 rings (SSSR count). The molecule has 3 atom stereocenters. The summed E-state index contributed by atoms with van der Waals surface area (Å²) in [7, 11) is 0. The highest BCUT2D eigenvalue weighted by molar-refractivity contribution is 7.17. The first kappa shape index (κ1) is 17.4. The van der Waals surface area contributed by atoms with E-state index in [-0.39, 0.29) is 17.7 Å². The Morgan fingerprint density at radius 3 is 2.46 bits per heavy atom. The molecule has 3 aromatic rings. The van der Waals surface area contributed by atoms with Gasteiger partial charge in [0.15, 0.2) is 0 Å². The van der Waals surface area contributed by atoms with E-state index in [0.717, 1.165) is 23.5 Å². The van der Waals surface area contributed by atoms with E-state index in [4.69, 9.17) is 0 Å². The zero-order valence-corrected chi connectivity index (χ0v) is 16.0. The highest BCUT2D eigenvalue weighted by Crippen LogP contribution is 2.41. The molecule has 1 aromatic carbocycles. The number of fused-ring (bicyclic) bond motifs is 1. The number of nitrogens with zero attached hydrogens (tertiary/aromatic N) is 4. The summed E-state index contributed by atoms with van der Waals surface area (Å²) in [6, 6.07) is 6.46. The molecule has 3 heterocycles. The third-order valence-corrected chi connectivity index (χ3v) is 6.07. The lowest BCUT2D eigenvalue weighted by atomic mass is 9.89. The van der Waals surface area contributed by atoms with Crippen LogP contribution in [0.15, 0.2) is 24.3 Å². The number of hydrogen-bond acceptors (Lipinski definition) is 5. The average molecular weight is 374 g/mol. The standard InChI is InChI=1S/C19H23FN4OS/c1-11-8-12(2)10-23(9-11)16(14-4-6-15(20)7-5-14)17-18(25)24-19(26-17)21-13(3)22-24/h4-7,11-12,16,25H,8-10H2,1-3H3. The van der Waals surface area contributed by atoms with Crippen molar-refractivity contribution >= 4 is 16.3 Å². The average Bonchev–Trinajstić information content (AvgIpc) is 3.07. The van der Waals surface area contributed by atoms with Crippen LogP contribution in [-0.4, -0.2) is 37.7 Å². The van der Waals surface area contributed by atoms with Gasteiger partial charge in [-0.3, -0.25) is 4.90 Å². The van der Waals surface area contributed by atoms with E-state index in [9.17, 15) is 9.50 Å². The zero-order valence-electron chi connectivity index (χ0n) is 15.2. The molecule has 0 radical (unpaired) electrons. The smallest absolute Gasteiger partial charge is 0.230 e. The molecule has 5 nitrogen and oxygen atoms in total. The fourth-order valence-corrected chi connectivity index (χ4v) is 5.28. The first-order valence-corrected chi connectivity index (χ1v) is 9.78. The molecule has 7 heteroatoms. The Morgan fingerprint density at radius 1 is 1.19 bits per heavy atom. The minimum Gasteiger partial charge on any atom is -0.492 e. The second-order valence-corrected chi connectivity index (χ2v) is 8.51. The molecule has 1 aliphatic heterocycles. The second-order valence-electron chi connectivity index (χ2n) is 7.50. The van der Waals surface area contributed by atoms with Crippen LogP contribution < -0.4 is 0 Å². The van der Waals surface area contributed by atoms with Crippen LogP contribution in [0.3, 0.4) is 0 Å². The van der Waals surface area contributed by atoms with Gasteiger partial charge in [-0.2, -0.15) is 4.52 Å². The number of aryl methyl sites for hydroxylation is 1. The van der Waals surface area contributed by atoms with Gasteiger partial charge in [-0.25, -0.2) is 9.37 Å². The fraction of sp³-hybridized carbons (Fsp3) is 0.474. The number of rotatable bonds is 3. The van der Waals surface area contributed by atoms with E-state index in [1.54, 1.807) is 0 Å². The van der Waals surface area contributed by atoms with Crippen LogP contribution in [0, 0.1) is 24.6 Å². The highest BCUT2D eigenvalue weighted by Gasteiger charge is 2.33. The monoisotopic (exact) mass is 374 g/mol. The van der Waals surface area contributed by atoms with Crippen molar-refractivity contribution in [2.24, 2.45) is 11.8 Å². The third kappa shape index (κ3) is 3.10. The third-order valence-electron chi connectivity index (χ3n) is 5.00. The molecule has 0 spiro atoms. The van der Waals surface area contributed by atoms with Gasteiger partial charge in [-0.05, 0) is 42.9 Å². The molecule has 0 aliphatic carbocycles. The Hall–Kier alpha value is -1.99. The van der Waals surface area contributed by atoms with Crippen LogP contribution in [0.4, 0.5) is 4.39 Å². The van der Waals surface area contributed by atoms with Crippen molar-refractivity contribution in [3.63, 3.8) is 0 Å². The minimum absolute atomic E-state index is 0.130. The van der Waals surface area contributed by atoms with Gasteiger partial charge in [0.05, 0.1) is 10.9 Å². The van der Waals surface area contributed by atoms with Crippen molar-refractivity contribution in [2.45, 2.75) is 33.2 Å². The van der Waals surface area contributed by atoms with Gasteiger partial charge in [0.2, 0.25) is 10.8 Å². The summed E-state index contributed by atoms with van der Waals surface area (Å²) in [5, 5.41) is 15.1. The van der Waals surface area contributed by atoms with E-state index in [1.165, 1.54) is 34.4 Å². The molecular formula is C19H23FN4OS. The van der Waals surface area contributed by atoms with Crippen molar-refractivity contribution in [3.8, 4) is 5.88 Å². The Labute approximate surface area is 156 Å². The topological polar surface area (TPSA) is 53.7 Å². The summed E-state index contributed by atoms with van der Waals surface area (Å²) < 4.78 is 15.0. The molecule has 2 aromatic heterocycles. The first-order chi connectivity index (χ1) is 12.4. The maximum Gasteiger partial charge on any atom is 0.230 e. The fourth-order valence-electron chi connectivity index (χ4n) is 4.12. The number of thiazole rings is 1. The lowest BCUT2D eigenvalue weighted by Gasteiger charge is -2.40.